The van der Waals surface area contributed by atoms with Crippen molar-refractivity contribution in [3.8, 4) is 11.1 Å². The maximum atomic E-state index is 2.68. The molecule has 0 saturated carbocycles. The second kappa shape index (κ2) is 14.7. The van der Waals surface area contributed by atoms with Crippen molar-refractivity contribution in [2.45, 2.75) is 51.0 Å². The molecule has 0 heterocycles. The zero-order chi connectivity index (χ0) is 41.4. The number of fused-ring (bicyclic) bond motifs is 7. The zero-order valence-corrected chi connectivity index (χ0v) is 38.3. The van der Waals surface area contributed by atoms with Crippen LogP contribution in [0.1, 0.15) is 55.4 Å². The van der Waals surface area contributed by atoms with Crippen LogP contribution in [0.5, 0.6) is 0 Å². The van der Waals surface area contributed by atoms with E-state index in [1.165, 1.54) is 94.6 Å². The summed E-state index contributed by atoms with van der Waals surface area (Å²) < 4.78 is -0.209. The molecular weight excluding hydrogens is 753 g/mol. The minimum absolute atomic E-state index is 0.209. The van der Waals surface area contributed by atoms with Crippen LogP contribution in [0.2, 0.25) is 0 Å². The Balaban J connectivity index is 1.44. The fourth-order valence-electron chi connectivity index (χ4n) is 11.0. The Morgan fingerprint density at radius 1 is 0.576 bits per heavy atom. The highest BCUT2D eigenvalue weighted by atomic mass is 32.3. The molecule has 59 heavy (non-hydrogen) atoms. The largest absolute Gasteiger partial charge is 0.314 e. The van der Waals surface area contributed by atoms with Crippen molar-refractivity contribution in [2.75, 3.05) is 47.3 Å². The monoisotopic (exact) mass is 812 g/mol. The predicted molar refractivity (Wildman–Crippen MR) is 267 cm³/mol. The Morgan fingerprint density at radius 2 is 1.10 bits per heavy atom. The van der Waals surface area contributed by atoms with E-state index in [1.54, 1.807) is 0 Å². The van der Waals surface area contributed by atoms with E-state index in [-0.39, 0.29) is 4.08 Å². The molecule has 3 aliphatic rings. The molecule has 3 aliphatic carbocycles. The third-order valence-corrected chi connectivity index (χ3v) is 20.0. The summed E-state index contributed by atoms with van der Waals surface area (Å²) in [6.45, 7) is 9.09. The van der Waals surface area contributed by atoms with Crippen molar-refractivity contribution in [3.63, 3.8) is 0 Å². The number of rotatable bonds is 8. The molecule has 4 heteroatoms. The van der Waals surface area contributed by atoms with Crippen molar-refractivity contribution >= 4 is 64.4 Å². The van der Waals surface area contributed by atoms with Gasteiger partial charge in [0.1, 0.15) is 0 Å². The lowest BCUT2D eigenvalue weighted by molar-refractivity contribution is 0.685. The summed E-state index contributed by atoms with van der Waals surface area (Å²) in [7, 11) is -2.67. The lowest BCUT2D eigenvalue weighted by atomic mass is 9.90. The van der Waals surface area contributed by atoms with Gasteiger partial charge >= 0.3 is 0 Å². The van der Waals surface area contributed by atoms with E-state index in [9.17, 15) is 0 Å². The number of para-hydroxylation sites is 1. The molecule has 0 bridgehead atoms. The number of allylic oxidation sites excluding steroid dienone is 7. The molecule has 9 rings (SSSR count). The standard InChI is InChI=1S/C55H60N2S2/c1-37-29-38(2)32-43(31-37)56(41-21-13-11-14-22-41)51-35-49-53(47-27-19-17-25-45(47)51)54-48-28-20-18-26-46(48)52(36-50(54)55(49,58(5,6)7)59(8,9)10)57(42-23-15-12-16-24-42)44-33-39(3)30-40(4)34-44/h11,13-15,17-33,35-36,40H,12,16,34H2,1-10H3. The first-order valence-corrected chi connectivity index (χ1v) is 26.9. The number of nitrogens with zero attached hydrogens (tertiary/aromatic N) is 2. The van der Waals surface area contributed by atoms with Crippen LogP contribution in [0, 0.1) is 19.8 Å². The molecule has 0 fully saturated rings. The van der Waals surface area contributed by atoms with Gasteiger partial charge in [-0.15, -0.1) is 0 Å². The Morgan fingerprint density at radius 3 is 1.61 bits per heavy atom. The molecule has 0 saturated heterocycles. The van der Waals surface area contributed by atoms with E-state index in [1.807, 2.05) is 0 Å². The van der Waals surface area contributed by atoms with E-state index < -0.39 is 20.1 Å². The molecule has 0 aliphatic heterocycles. The first-order valence-electron chi connectivity index (χ1n) is 21.2. The number of aryl methyl sites for hydroxylation is 2. The highest BCUT2D eigenvalue weighted by Gasteiger charge is 2.56. The molecule has 302 valence electrons. The van der Waals surface area contributed by atoms with Gasteiger partial charge in [-0.1, -0.05) is 104 Å². The quantitative estimate of drug-likeness (QED) is 0.151. The number of benzene rings is 6. The SMILES string of the molecule is CC1=CC(C)CC(N(C2=CCCC=C2)c2cc3c(c4ccccc24)-c2c(cc(N(c4ccccc4)c4cc(C)cc(C)c4)c4ccccc24)C3(S(C)(C)C)S(C)(C)C)=C1. The second-order valence-corrected chi connectivity index (χ2v) is 27.5. The summed E-state index contributed by atoms with van der Waals surface area (Å²) in [5.74, 6) is 0.474. The second-order valence-electron chi connectivity index (χ2n) is 18.7. The van der Waals surface area contributed by atoms with Gasteiger partial charge in [-0.25, -0.2) is 20.1 Å². The van der Waals surface area contributed by atoms with Crippen LogP contribution >= 0.6 is 20.1 Å². The summed E-state index contributed by atoms with van der Waals surface area (Å²) >= 11 is 0. The van der Waals surface area contributed by atoms with Gasteiger partial charge in [0.2, 0.25) is 0 Å². The molecule has 0 spiro atoms. The normalized spacial score (nSPS) is 17.9. The van der Waals surface area contributed by atoms with Crippen molar-refractivity contribution < 1.29 is 0 Å². The van der Waals surface area contributed by atoms with Crippen molar-refractivity contribution in [1.82, 2.24) is 0 Å². The Kier molecular flexibility index (Phi) is 9.84. The number of hydrogen-bond donors (Lipinski definition) is 0. The first-order chi connectivity index (χ1) is 28.2. The number of hydrogen-bond acceptors (Lipinski definition) is 2. The molecule has 0 amide bonds. The summed E-state index contributed by atoms with van der Waals surface area (Å²) in [5.41, 5.74) is 17.3. The number of anilines is 4. The van der Waals surface area contributed by atoms with Gasteiger partial charge in [0, 0.05) is 33.5 Å². The zero-order valence-electron chi connectivity index (χ0n) is 36.7. The first kappa shape index (κ1) is 39.6. The molecule has 1 unspecified atom stereocenters. The maximum Gasteiger partial charge on any atom is 0.0813 e. The Hall–Kier alpha value is -4.90. The van der Waals surface area contributed by atoms with Gasteiger partial charge in [0.15, 0.2) is 0 Å². The lowest BCUT2D eigenvalue weighted by Crippen LogP contribution is -2.36. The fraction of sp³-hybridized carbons (Fsp3) is 0.273. The fourth-order valence-corrected chi connectivity index (χ4v) is 20.3. The van der Waals surface area contributed by atoms with E-state index in [0.717, 1.165) is 19.3 Å². The molecule has 6 aromatic carbocycles. The molecular formula is C55H60N2S2. The van der Waals surface area contributed by atoms with Gasteiger partial charge in [0.25, 0.3) is 0 Å². The third-order valence-electron chi connectivity index (χ3n) is 12.7. The van der Waals surface area contributed by atoms with E-state index in [2.05, 4.69) is 215 Å². The van der Waals surface area contributed by atoms with E-state index >= 15 is 0 Å². The van der Waals surface area contributed by atoms with Crippen LogP contribution in [0.4, 0.5) is 22.7 Å². The minimum atomic E-state index is -1.33. The molecule has 0 N–H and O–H groups in total. The molecule has 6 aromatic rings. The summed E-state index contributed by atoms with van der Waals surface area (Å²) in [6, 6.07) is 42.0. The van der Waals surface area contributed by atoms with Gasteiger partial charge in [-0.05, 0) is 176 Å². The predicted octanol–water partition coefficient (Wildman–Crippen LogP) is 15.6. The molecule has 0 aromatic heterocycles. The average Bonchev–Trinajstić information content (AvgIpc) is 3.50. The molecule has 1 atom stereocenters. The van der Waals surface area contributed by atoms with Gasteiger partial charge in [-0.3, -0.25) is 0 Å². The lowest BCUT2D eigenvalue weighted by Gasteiger charge is -2.59. The third kappa shape index (κ3) is 6.41. The summed E-state index contributed by atoms with van der Waals surface area (Å²) in [4.78, 5) is 5.18. The van der Waals surface area contributed by atoms with E-state index in [0.29, 0.717) is 5.92 Å². The van der Waals surface area contributed by atoms with Gasteiger partial charge < -0.3 is 9.80 Å². The van der Waals surface area contributed by atoms with Gasteiger partial charge in [-0.2, -0.15) is 0 Å². The van der Waals surface area contributed by atoms with Crippen LogP contribution in [-0.4, -0.2) is 37.5 Å². The van der Waals surface area contributed by atoms with Crippen LogP contribution < -0.4 is 9.80 Å². The Bertz CT molecular complexity index is 2740. The minimum Gasteiger partial charge on any atom is -0.314 e. The summed E-state index contributed by atoms with van der Waals surface area (Å²) in [6.07, 6.45) is 30.8. The van der Waals surface area contributed by atoms with Crippen LogP contribution in [0.3, 0.4) is 0 Å². The summed E-state index contributed by atoms with van der Waals surface area (Å²) in [5, 5.41) is 5.28. The average molecular weight is 813 g/mol. The Labute approximate surface area is 356 Å². The van der Waals surface area contributed by atoms with Crippen LogP contribution in [0.15, 0.2) is 157 Å². The van der Waals surface area contributed by atoms with Crippen molar-refractivity contribution in [1.29, 1.82) is 0 Å². The topological polar surface area (TPSA) is 6.48 Å². The molecule has 0 radical (unpaired) electrons. The van der Waals surface area contributed by atoms with Crippen molar-refractivity contribution in [2.24, 2.45) is 5.92 Å². The van der Waals surface area contributed by atoms with Crippen LogP contribution in [0.25, 0.3) is 32.7 Å². The highest BCUT2D eigenvalue weighted by molar-refractivity contribution is 8.48. The smallest absolute Gasteiger partial charge is 0.0813 e. The van der Waals surface area contributed by atoms with Crippen LogP contribution in [-0.2, 0) is 4.08 Å². The molecule has 2 nitrogen and oxygen atoms in total. The maximum absolute atomic E-state index is 2.68. The van der Waals surface area contributed by atoms with E-state index in [4.69, 9.17) is 0 Å². The van der Waals surface area contributed by atoms with Gasteiger partial charge in [0.05, 0.1) is 15.5 Å². The highest BCUT2D eigenvalue weighted by Crippen LogP contribution is 2.81. The van der Waals surface area contributed by atoms with Crippen molar-refractivity contribution in [3.05, 3.63) is 179 Å².